The number of aryl methyl sites for hydroxylation is 2. The minimum Gasteiger partial charge on any atom is -0.325 e. The van der Waals surface area contributed by atoms with Gasteiger partial charge in [0.1, 0.15) is 5.82 Å². The molecule has 3 rings (SSSR count). The Morgan fingerprint density at radius 1 is 1.24 bits per heavy atom. The molecular formula is C22H23FN4OS. The number of halogens is 1. The van der Waals surface area contributed by atoms with Crippen molar-refractivity contribution in [2.75, 3.05) is 11.1 Å². The molecule has 0 aliphatic rings. The van der Waals surface area contributed by atoms with Gasteiger partial charge in [0.05, 0.1) is 11.3 Å². The molecule has 29 heavy (non-hydrogen) atoms. The van der Waals surface area contributed by atoms with Crippen LogP contribution in [-0.4, -0.2) is 26.4 Å². The second-order valence-electron chi connectivity index (χ2n) is 6.48. The number of allylic oxidation sites excluding steroid dienone is 1. The smallest absolute Gasteiger partial charge is 0.234 e. The maximum atomic E-state index is 14.2. The molecule has 0 saturated carbocycles. The van der Waals surface area contributed by atoms with E-state index in [4.69, 9.17) is 0 Å². The maximum Gasteiger partial charge on any atom is 0.234 e. The van der Waals surface area contributed by atoms with Crippen molar-refractivity contribution in [3.05, 3.63) is 72.1 Å². The van der Waals surface area contributed by atoms with Gasteiger partial charge in [0, 0.05) is 12.2 Å². The summed E-state index contributed by atoms with van der Waals surface area (Å²) in [7, 11) is 0. The fourth-order valence-electron chi connectivity index (χ4n) is 3.04. The van der Waals surface area contributed by atoms with Crippen molar-refractivity contribution in [3.8, 4) is 11.4 Å². The Balaban J connectivity index is 1.77. The van der Waals surface area contributed by atoms with Crippen LogP contribution in [0.15, 0.2) is 60.3 Å². The number of nitrogens with zero attached hydrogens (tertiary/aromatic N) is 3. The van der Waals surface area contributed by atoms with E-state index in [0.717, 1.165) is 23.2 Å². The van der Waals surface area contributed by atoms with E-state index >= 15 is 0 Å². The third-order valence-corrected chi connectivity index (χ3v) is 5.45. The van der Waals surface area contributed by atoms with Gasteiger partial charge in [0.25, 0.3) is 0 Å². The van der Waals surface area contributed by atoms with Gasteiger partial charge in [-0.05, 0) is 36.6 Å². The molecule has 7 heteroatoms. The number of hydrogen-bond acceptors (Lipinski definition) is 4. The Morgan fingerprint density at radius 3 is 2.76 bits per heavy atom. The highest BCUT2D eigenvalue weighted by Gasteiger charge is 2.17. The predicted octanol–water partition coefficient (Wildman–Crippen LogP) is 4.87. The molecule has 150 valence electrons. The average Bonchev–Trinajstić information content (AvgIpc) is 3.11. The molecule has 1 amide bonds. The van der Waals surface area contributed by atoms with E-state index in [1.54, 1.807) is 28.8 Å². The van der Waals surface area contributed by atoms with Crippen LogP contribution in [0.3, 0.4) is 0 Å². The summed E-state index contributed by atoms with van der Waals surface area (Å²) in [5, 5.41) is 11.8. The van der Waals surface area contributed by atoms with Gasteiger partial charge in [-0.25, -0.2) is 4.39 Å². The SMILES string of the molecule is C=CCn1c(SCC(=O)Nc2c(C)cccc2CC)nnc1-c1ccccc1F. The van der Waals surface area contributed by atoms with Crippen LogP contribution in [0.25, 0.3) is 11.4 Å². The molecule has 0 aliphatic carbocycles. The van der Waals surface area contributed by atoms with Crippen molar-refractivity contribution in [1.82, 2.24) is 14.8 Å². The molecule has 1 heterocycles. The number of anilines is 1. The quantitative estimate of drug-likeness (QED) is 0.425. The number of rotatable bonds is 8. The van der Waals surface area contributed by atoms with Crippen LogP contribution in [0.5, 0.6) is 0 Å². The van der Waals surface area contributed by atoms with E-state index in [1.807, 2.05) is 25.1 Å². The lowest BCUT2D eigenvalue weighted by Crippen LogP contribution is -2.16. The zero-order chi connectivity index (χ0) is 20.8. The van der Waals surface area contributed by atoms with Gasteiger partial charge in [-0.15, -0.1) is 16.8 Å². The molecule has 0 atom stereocenters. The lowest BCUT2D eigenvalue weighted by molar-refractivity contribution is -0.113. The lowest BCUT2D eigenvalue weighted by Gasteiger charge is -2.13. The molecule has 1 N–H and O–H groups in total. The summed E-state index contributed by atoms with van der Waals surface area (Å²) in [5.41, 5.74) is 3.35. The van der Waals surface area contributed by atoms with Crippen molar-refractivity contribution in [1.29, 1.82) is 0 Å². The average molecular weight is 411 g/mol. The highest BCUT2D eigenvalue weighted by Crippen LogP contribution is 2.27. The Labute approximate surface area is 174 Å². The third kappa shape index (κ3) is 4.74. The predicted molar refractivity (Wildman–Crippen MR) is 116 cm³/mol. The van der Waals surface area contributed by atoms with Gasteiger partial charge in [0.2, 0.25) is 5.91 Å². The summed E-state index contributed by atoms with van der Waals surface area (Å²) >= 11 is 1.26. The fourth-order valence-corrected chi connectivity index (χ4v) is 3.79. The first kappa shape index (κ1) is 20.8. The minimum absolute atomic E-state index is 0.125. The summed E-state index contributed by atoms with van der Waals surface area (Å²) < 4.78 is 16.0. The third-order valence-electron chi connectivity index (χ3n) is 4.48. The topological polar surface area (TPSA) is 59.8 Å². The Bertz CT molecular complexity index is 1030. The van der Waals surface area contributed by atoms with Crippen LogP contribution in [-0.2, 0) is 17.8 Å². The molecule has 0 saturated heterocycles. The van der Waals surface area contributed by atoms with E-state index in [1.165, 1.54) is 17.8 Å². The highest BCUT2D eigenvalue weighted by molar-refractivity contribution is 7.99. The molecule has 0 aliphatic heterocycles. The van der Waals surface area contributed by atoms with Crippen molar-refractivity contribution in [3.63, 3.8) is 0 Å². The van der Waals surface area contributed by atoms with Crippen LogP contribution in [0.1, 0.15) is 18.1 Å². The summed E-state index contributed by atoms with van der Waals surface area (Å²) in [5.74, 6) is 0.0909. The van der Waals surface area contributed by atoms with E-state index in [9.17, 15) is 9.18 Å². The molecule has 1 aromatic heterocycles. The number of nitrogens with one attached hydrogen (secondary N) is 1. The van der Waals surface area contributed by atoms with Gasteiger partial charge in [-0.2, -0.15) is 0 Å². The number of thioether (sulfide) groups is 1. The van der Waals surface area contributed by atoms with Crippen LogP contribution in [0, 0.1) is 12.7 Å². The lowest BCUT2D eigenvalue weighted by atomic mass is 10.1. The number of aromatic nitrogens is 3. The number of para-hydroxylation sites is 1. The number of hydrogen-bond donors (Lipinski definition) is 1. The molecule has 2 aromatic carbocycles. The van der Waals surface area contributed by atoms with Crippen molar-refractivity contribution >= 4 is 23.4 Å². The Kier molecular flexibility index (Phi) is 6.82. The maximum absolute atomic E-state index is 14.2. The molecule has 0 radical (unpaired) electrons. The normalized spacial score (nSPS) is 10.7. The molecule has 0 bridgehead atoms. The van der Waals surface area contributed by atoms with Crippen molar-refractivity contribution < 1.29 is 9.18 Å². The number of benzene rings is 2. The molecule has 0 fully saturated rings. The van der Waals surface area contributed by atoms with E-state index in [0.29, 0.717) is 23.1 Å². The van der Waals surface area contributed by atoms with Gasteiger partial charge in [0.15, 0.2) is 11.0 Å². The van der Waals surface area contributed by atoms with Crippen LogP contribution in [0.4, 0.5) is 10.1 Å². The number of amides is 1. The molecule has 5 nitrogen and oxygen atoms in total. The van der Waals surface area contributed by atoms with Gasteiger partial charge in [-0.3, -0.25) is 9.36 Å². The first-order chi connectivity index (χ1) is 14.0. The molecule has 0 spiro atoms. The van der Waals surface area contributed by atoms with E-state index < -0.39 is 0 Å². The first-order valence-corrected chi connectivity index (χ1v) is 10.3. The fraction of sp³-hybridized carbons (Fsp3) is 0.227. The number of carbonyl (C=O) groups excluding carboxylic acids is 1. The van der Waals surface area contributed by atoms with Gasteiger partial charge in [-0.1, -0.05) is 55.1 Å². The summed E-state index contributed by atoms with van der Waals surface area (Å²) in [6, 6.07) is 12.4. The molecule has 3 aromatic rings. The highest BCUT2D eigenvalue weighted by atomic mass is 32.2. The second kappa shape index (κ2) is 9.52. The molecular weight excluding hydrogens is 387 g/mol. The first-order valence-electron chi connectivity index (χ1n) is 9.35. The minimum atomic E-state index is -0.369. The van der Waals surface area contributed by atoms with E-state index in [-0.39, 0.29) is 17.5 Å². The van der Waals surface area contributed by atoms with Crippen LogP contribution < -0.4 is 5.32 Å². The molecule has 0 unspecified atom stereocenters. The van der Waals surface area contributed by atoms with Gasteiger partial charge >= 0.3 is 0 Å². The zero-order valence-electron chi connectivity index (χ0n) is 16.5. The van der Waals surface area contributed by atoms with Crippen molar-refractivity contribution in [2.45, 2.75) is 32.0 Å². The Morgan fingerprint density at radius 2 is 2.03 bits per heavy atom. The van der Waals surface area contributed by atoms with Crippen molar-refractivity contribution in [2.24, 2.45) is 0 Å². The summed E-state index contributed by atoms with van der Waals surface area (Å²) in [6.45, 7) is 8.20. The van der Waals surface area contributed by atoms with E-state index in [2.05, 4.69) is 29.0 Å². The van der Waals surface area contributed by atoms with Crippen LogP contribution >= 0.6 is 11.8 Å². The summed E-state index contributed by atoms with van der Waals surface area (Å²) in [4.78, 5) is 12.5. The standard InChI is InChI=1S/C22H23FN4OS/c1-4-13-27-21(17-11-6-7-12-18(17)23)25-26-22(27)29-14-19(28)24-20-15(3)9-8-10-16(20)5-2/h4,6-12H,1,5,13-14H2,2-3H3,(H,24,28). The zero-order valence-corrected chi connectivity index (χ0v) is 17.3. The monoisotopic (exact) mass is 410 g/mol. The van der Waals surface area contributed by atoms with Gasteiger partial charge < -0.3 is 5.32 Å². The second-order valence-corrected chi connectivity index (χ2v) is 7.43. The number of carbonyl (C=O) groups is 1. The summed E-state index contributed by atoms with van der Waals surface area (Å²) in [6.07, 6.45) is 2.53. The Hall–Kier alpha value is -2.93. The van der Waals surface area contributed by atoms with Crippen LogP contribution in [0.2, 0.25) is 0 Å². The largest absolute Gasteiger partial charge is 0.325 e.